The third-order valence-electron chi connectivity index (χ3n) is 3.19. The molecule has 0 saturated heterocycles. The SMILES string of the molecule is N#Cc1ccc2nn(-c3cc4c(cc3O)OCO4)nc2c1. The Morgan fingerprint density at radius 3 is 2.67 bits per heavy atom. The Kier molecular flexibility index (Phi) is 2.26. The van der Waals surface area contributed by atoms with Gasteiger partial charge in [-0.25, -0.2) is 0 Å². The maximum Gasteiger partial charge on any atom is 0.231 e. The molecule has 0 unspecified atom stereocenters. The molecule has 21 heavy (non-hydrogen) atoms. The monoisotopic (exact) mass is 280 g/mol. The smallest absolute Gasteiger partial charge is 0.231 e. The van der Waals surface area contributed by atoms with E-state index in [0.29, 0.717) is 33.8 Å². The number of rotatable bonds is 1. The van der Waals surface area contributed by atoms with Crippen LogP contribution in [0.2, 0.25) is 0 Å². The van der Waals surface area contributed by atoms with Gasteiger partial charge in [-0.05, 0) is 18.2 Å². The predicted molar refractivity (Wildman–Crippen MR) is 71.4 cm³/mol. The summed E-state index contributed by atoms with van der Waals surface area (Å²) < 4.78 is 10.5. The molecule has 2 aromatic carbocycles. The van der Waals surface area contributed by atoms with Crippen molar-refractivity contribution in [3.8, 4) is 29.0 Å². The van der Waals surface area contributed by atoms with Crippen molar-refractivity contribution in [2.24, 2.45) is 0 Å². The van der Waals surface area contributed by atoms with Crippen LogP contribution < -0.4 is 9.47 Å². The fourth-order valence-corrected chi connectivity index (χ4v) is 2.17. The highest BCUT2D eigenvalue weighted by Gasteiger charge is 2.19. The van der Waals surface area contributed by atoms with Gasteiger partial charge in [-0.3, -0.25) is 0 Å². The first-order valence-electron chi connectivity index (χ1n) is 6.15. The highest BCUT2D eigenvalue weighted by Crippen LogP contribution is 2.38. The highest BCUT2D eigenvalue weighted by atomic mass is 16.7. The number of aromatic nitrogens is 3. The summed E-state index contributed by atoms with van der Waals surface area (Å²) in [6.07, 6.45) is 0. The van der Waals surface area contributed by atoms with Gasteiger partial charge in [-0.1, -0.05) is 0 Å². The van der Waals surface area contributed by atoms with Crippen molar-refractivity contribution in [1.82, 2.24) is 15.0 Å². The Labute approximate surface area is 118 Å². The molecule has 1 N–H and O–H groups in total. The van der Waals surface area contributed by atoms with Crippen molar-refractivity contribution in [3.63, 3.8) is 0 Å². The first-order valence-corrected chi connectivity index (χ1v) is 6.15. The van der Waals surface area contributed by atoms with E-state index in [1.165, 1.54) is 10.9 Å². The second-order valence-corrected chi connectivity index (χ2v) is 4.50. The number of nitriles is 1. The lowest BCUT2D eigenvalue weighted by Crippen LogP contribution is -1.99. The average molecular weight is 280 g/mol. The van der Waals surface area contributed by atoms with E-state index in [9.17, 15) is 5.11 Å². The van der Waals surface area contributed by atoms with Crippen LogP contribution in [0.5, 0.6) is 17.2 Å². The zero-order valence-electron chi connectivity index (χ0n) is 10.6. The number of phenolic OH excluding ortho intramolecular Hbond substituents is 1. The number of hydrogen-bond acceptors (Lipinski definition) is 6. The van der Waals surface area contributed by atoms with Crippen molar-refractivity contribution in [2.75, 3.05) is 6.79 Å². The molecule has 0 aliphatic carbocycles. The summed E-state index contributed by atoms with van der Waals surface area (Å²) in [4.78, 5) is 1.31. The van der Waals surface area contributed by atoms with Gasteiger partial charge in [-0.2, -0.15) is 5.26 Å². The molecule has 0 spiro atoms. The summed E-state index contributed by atoms with van der Waals surface area (Å²) in [6.45, 7) is 0.123. The molecule has 3 aromatic rings. The van der Waals surface area contributed by atoms with Gasteiger partial charge in [-0.15, -0.1) is 15.0 Å². The molecule has 0 bridgehead atoms. The fourth-order valence-electron chi connectivity index (χ4n) is 2.17. The van der Waals surface area contributed by atoms with Gasteiger partial charge in [0.1, 0.15) is 22.5 Å². The maximum absolute atomic E-state index is 10.1. The molecule has 0 atom stereocenters. The van der Waals surface area contributed by atoms with Crippen LogP contribution >= 0.6 is 0 Å². The van der Waals surface area contributed by atoms with Crippen LogP contribution in [-0.2, 0) is 0 Å². The van der Waals surface area contributed by atoms with Gasteiger partial charge in [0.15, 0.2) is 11.5 Å². The first kappa shape index (κ1) is 11.5. The van der Waals surface area contributed by atoms with Crippen LogP contribution in [0.15, 0.2) is 30.3 Å². The molecule has 102 valence electrons. The third kappa shape index (κ3) is 1.74. The van der Waals surface area contributed by atoms with Gasteiger partial charge in [0, 0.05) is 12.1 Å². The Balaban J connectivity index is 1.89. The van der Waals surface area contributed by atoms with E-state index in [1.807, 2.05) is 0 Å². The van der Waals surface area contributed by atoms with E-state index in [0.717, 1.165) is 0 Å². The van der Waals surface area contributed by atoms with Crippen molar-refractivity contribution in [3.05, 3.63) is 35.9 Å². The minimum Gasteiger partial charge on any atom is -0.505 e. The van der Waals surface area contributed by atoms with Gasteiger partial charge >= 0.3 is 0 Å². The van der Waals surface area contributed by atoms with Crippen molar-refractivity contribution >= 4 is 11.0 Å². The third-order valence-corrected chi connectivity index (χ3v) is 3.19. The number of phenols is 1. The van der Waals surface area contributed by atoms with E-state index in [2.05, 4.69) is 16.3 Å². The first-order chi connectivity index (χ1) is 10.2. The summed E-state index contributed by atoms with van der Waals surface area (Å²) in [5.74, 6) is 1.00. The van der Waals surface area contributed by atoms with Crippen LogP contribution in [0, 0.1) is 11.3 Å². The number of aromatic hydroxyl groups is 1. The number of nitrogens with zero attached hydrogens (tertiary/aromatic N) is 4. The molecular formula is C14H8N4O3. The maximum atomic E-state index is 10.1. The Morgan fingerprint density at radius 2 is 1.86 bits per heavy atom. The molecule has 0 radical (unpaired) electrons. The molecule has 2 heterocycles. The lowest BCUT2D eigenvalue weighted by atomic mass is 10.2. The lowest BCUT2D eigenvalue weighted by Gasteiger charge is -2.04. The Hall–Kier alpha value is -3.27. The molecule has 7 heteroatoms. The van der Waals surface area contributed by atoms with Crippen molar-refractivity contribution in [2.45, 2.75) is 0 Å². The van der Waals surface area contributed by atoms with Crippen LogP contribution in [0.3, 0.4) is 0 Å². The molecule has 7 nitrogen and oxygen atoms in total. The second-order valence-electron chi connectivity index (χ2n) is 4.50. The number of benzene rings is 2. The molecule has 0 fully saturated rings. The number of hydrogen-bond donors (Lipinski definition) is 1. The van der Waals surface area contributed by atoms with E-state index in [4.69, 9.17) is 14.7 Å². The van der Waals surface area contributed by atoms with E-state index >= 15 is 0 Å². The minimum atomic E-state index is -0.0138. The number of ether oxygens (including phenoxy) is 2. The van der Waals surface area contributed by atoms with E-state index < -0.39 is 0 Å². The summed E-state index contributed by atoms with van der Waals surface area (Å²) >= 11 is 0. The standard InChI is InChI=1S/C14H8N4O3/c15-6-8-1-2-9-10(3-8)17-18(16-9)11-4-13-14(5-12(11)19)21-7-20-13/h1-5,19H,7H2. The molecular weight excluding hydrogens is 272 g/mol. The van der Waals surface area contributed by atoms with Crippen molar-refractivity contribution < 1.29 is 14.6 Å². The van der Waals surface area contributed by atoms with Crippen molar-refractivity contribution in [1.29, 1.82) is 5.26 Å². The largest absolute Gasteiger partial charge is 0.505 e. The molecule has 4 rings (SSSR count). The zero-order valence-corrected chi connectivity index (χ0v) is 10.6. The summed E-state index contributed by atoms with van der Waals surface area (Å²) in [7, 11) is 0. The predicted octanol–water partition coefficient (Wildman–Crippen LogP) is 1.73. The van der Waals surface area contributed by atoms with Crippen LogP contribution in [0.25, 0.3) is 16.7 Å². The number of fused-ring (bicyclic) bond motifs is 2. The summed E-state index contributed by atoms with van der Waals surface area (Å²) in [5.41, 5.74) is 2.09. The van der Waals surface area contributed by atoms with Crippen LogP contribution in [0.1, 0.15) is 5.56 Å². The molecule has 1 aliphatic rings. The van der Waals surface area contributed by atoms with Gasteiger partial charge in [0.2, 0.25) is 6.79 Å². The van der Waals surface area contributed by atoms with Crippen LogP contribution in [-0.4, -0.2) is 26.9 Å². The van der Waals surface area contributed by atoms with Gasteiger partial charge < -0.3 is 14.6 Å². The fraction of sp³-hybridized carbons (Fsp3) is 0.0714. The molecule has 1 aromatic heterocycles. The topological polar surface area (TPSA) is 93.2 Å². The Bertz CT molecular complexity index is 910. The normalized spacial score (nSPS) is 12.5. The highest BCUT2D eigenvalue weighted by molar-refractivity contribution is 5.76. The summed E-state index contributed by atoms with van der Waals surface area (Å²) in [6, 6.07) is 10.1. The second kappa shape index (κ2) is 4.11. The van der Waals surface area contributed by atoms with E-state index in [1.54, 1.807) is 24.3 Å². The summed E-state index contributed by atoms with van der Waals surface area (Å²) in [5, 5.41) is 27.5. The van der Waals surface area contributed by atoms with E-state index in [-0.39, 0.29) is 12.5 Å². The lowest BCUT2D eigenvalue weighted by molar-refractivity contribution is 0.174. The molecule has 1 aliphatic heterocycles. The zero-order chi connectivity index (χ0) is 14.4. The van der Waals surface area contributed by atoms with Gasteiger partial charge in [0.05, 0.1) is 11.6 Å². The van der Waals surface area contributed by atoms with Gasteiger partial charge in [0.25, 0.3) is 0 Å². The molecule has 0 amide bonds. The molecule has 0 saturated carbocycles. The Morgan fingerprint density at radius 1 is 1.10 bits per heavy atom. The minimum absolute atomic E-state index is 0.0138. The van der Waals surface area contributed by atoms with Crippen LogP contribution in [0.4, 0.5) is 0 Å². The average Bonchev–Trinajstić information content (AvgIpc) is 3.10. The quantitative estimate of drug-likeness (QED) is 0.729.